The molecule has 2 aromatic rings. The van der Waals surface area contributed by atoms with Gasteiger partial charge in [-0.25, -0.2) is 19.0 Å². The minimum Gasteiger partial charge on any atom is -0.244 e. The zero-order valence-electron chi connectivity index (χ0n) is 7.49. The first kappa shape index (κ1) is 8.68. The highest BCUT2D eigenvalue weighted by Gasteiger charge is 2.02. The molecule has 0 aliphatic rings. The van der Waals surface area contributed by atoms with Gasteiger partial charge in [0.15, 0.2) is 0 Å². The summed E-state index contributed by atoms with van der Waals surface area (Å²) in [5.41, 5.74) is 1.02. The summed E-state index contributed by atoms with van der Waals surface area (Å²) in [5.74, 6) is -0.297. The highest BCUT2D eigenvalue weighted by molar-refractivity contribution is 5.38. The third-order valence-corrected chi connectivity index (χ3v) is 1.92. The van der Waals surface area contributed by atoms with Crippen molar-refractivity contribution < 1.29 is 4.39 Å². The van der Waals surface area contributed by atoms with Gasteiger partial charge in [-0.2, -0.15) is 4.98 Å². The topological polar surface area (TPSA) is 50.7 Å². The molecule has 0 aliphatic heterocycles. The van der Waals surface area contributed by atoms with Crippen LogP contribution in [-0.2, 0) is 0 Å². The maximum Gasteiger partial charge on any atom is 0.361 e. The summed E-state index contributed by atoms with van der Waals surface area (Å²) >= 11 is 0. The van der Waals surface area contributed by atoms with Crippen molar-refractivity contribution in [1.82, 2.24) is 14.8 Å². The lowest BCUT2D eigenvalue weighted by Gasteiger charge is -2.04. The normalized spacial score (nSPS) is 10.4. The molecule has 0 saturated heterocycles. The maximum atomic E-state index is 12.8. The average molecular weight is 193 g/mol. The van der Waals surface area contributed by atoms with Gasteiger partial charge in [0, 0.05) is 0 Å². The fourth-order valence-electron chi connectivity index (χ4n) is 1.28. The number of H-pyrrole nitrogens is 1. The molecule has 1 aromatic heterocycles. The number of rotatable bonds is 1. The fraction of sp³-hybridized carbons (Fsp3) is 0.111. The molecule has 0 spiro atoms. The van der Waals surface area contributed by atoms with Gasteiger partial charge >= 0.3 is 5.69 Å². The fourth-order valence-corrected chi connectivity index (χ4v) is 1.28. The molecule has 4 nitrogen and oxygen atoms in total. The first-order valence-electron chi connectivity index (χ1n) is 4.07. The Kier molecular flexibility index (Phi) is 1.92. The summed E-state index contributed by atoms with van der Waals surface area (Å²) in [6.07, 6.45) is 1.36. The first-order chi connectivity index (χ1) is 6.66. The Bertz CT molecular complexity index is 515. The first-order valence-corrected chi connectivity index (χ1v) is 4.07. The lowest BCUT2D eigenvalue weighted by molar-refractivity contribution is 0.625. The van der Waals surface area contributed by atoms with E-state index in [0.717, 1.165) is 5.56 Å². The van der Waals surface area contributed by atoms with Gasteiger partial charge in [0.25, 0.3) is 0 Å². The molecule has 0 radical (unpaired) electrons. The summed E-state index contributed by atoms with van der Waals surface area (Å²) in [4.78, 5) is 14.3. The van der Waals surface area contributed by atoms with Crippen molar-refractivity contribution in [1.29, 1.82) is 0 Å². The van der Waals surface area contributed by atoms with Gasteiger partial charge in [0.1, 0.15) is 12.1 Å². The Morgan fingerprint density at radius 3 is 2.86 bits per heavy atom. The van der Waals surface area contributed by atoms with Gasteiger partial charge < -0.3 is 0 Å². The van der Waals surface area contributed by atoms with Crippen molar-refractivity contribution in [2.24, 2.45) is 0 Å². The van der Waals surface area contributed by atoms with Crippen LogP contribution in [0.15, 0.2) is 29.3 Å². The number of halogens is 1. The molecule has 0 fully saturated rings. The Morgan fingerprint density at radius 1 is 1.50 bits per heavy atom. The van der Waals surface area contributed by atoms with Crippen LogP contribution in [0.5, 0.6) is 0 Å². The summed E-state index contributed by atoms with van der Waals surface area (Å²) in [7, 11) is 0. The van der Waals surface area contributed by atoms with Crippen molar-refractivity contribution in [3.8, 4) is 5.69 Å². The van der Waals surface area contributed by atoms with E-state index in [1.54, 1.807) is 13.0 Å². The van der Waals surface area contributed by atoms with E-state index >= 15 is 0 Å². The van der Waals surface area contributed by atoms with E-state index in [-0.39, 0.29) is 5.82 Å². The molecular formula is C9H8FN3O. The van der Waals surface area contributed by atoms with Gasteiger partial charge in [0.05, 0.1) is 5.69 Å². The molecule has 0 amide bonds. The molecule has 0 bridgehead atoms. The van der Waals surface area contributed by atoms with Crippen LogP contribution in [0.3, 0.4) is 0 Å². The van der Waals surface area contributed by atoms with Crippen LogP contribution in [0.4, 0.5) is 4.39 Å². The minimum absolute atomic E-state index is 0.297. The summed E-state index contributed by atoms with van der Waals surface area (Å²) in [5, 5.41) is 2.48. The number of nitrogens with one attached hydrogen (secondary N) is 1. The summed E-state index contributed by atoms with van der Waals surface area (Å²) in [6, 6.07) is 4.32. The van der Waals surface area contributed by atoms with E-state index in [1.165, 1.54) is 23.1 Å². The molecular weight excluding hydrogens is 185 g/mol. The van der Waals surface area contributed by atoms with Crippen molar-refractivity contribution in [2.75, 3.05) is 0 Å². The number of benzene rings is 1. The quantitative estimate of drug-likeness (QED) is 0.734. The lowest BCUT2D eigenvalue weighted by Crippen LogP contribution is -2.06. The van der Waals surface area contributed by atoms with Crippen LogP contribution >= 0.6 is 0 Å². The lowest BCUT2D eigenvalue weighted by atomic mass is 10.2. The highest BCUT2D eigenvalue weighted by atomic mass is 19.1. The Morgan fingerprint density at radius 2 is 2.29 bits per heavy atom. The predicted octanol–water partition coefficient (Wildman–Crippen LogP) is 1.01. The summed E-state index contributed by atoms with van der Waals surface area (Å²) in [6.45, 7) is 1.76. The Hall–Kier alpha value is -1.91. The average Bonchev–Trinajstić information content (AvgIpc) is 2.51. The minimum atomic E-state index is -0.422. The zero-order chi connectivity index (χ0) is 10.1. The molecule has 14 heavy (non-hydrogen) atoms. The highest BCUT2D eigenvalue weighted by Crippen LogP contribution is 2.12. The van der Waals surface area contributed by atoms with Crippen molar-refractivity contribution in [3.63, 3.8) is 0 Å². The second kappa shape index (κ2) is 3.10. The van der Waals surface area contributed by atoms with Crippen molar-refractivity contribution in [2.45, 2.75) is 6.92 Å². The van der Waals surface area contributed by atoms with Crippen LogP contribution in [-0.4, -0.2) is 14.8 Å². The van der Waals surface area contributed by atoms with Gasteiger partial charge in [-0.05, 0) is 30.7 Å². The maximum absolute atomic E-state index is 12.8. The standard InChI is InChI=1S/C9H8FN3O/c1-6-4-7(10)2-3-8(6)13-5-11-9(14)12-13/h2-5H,1H3,(H,12,14). The predicted molar refractivity (Wildman–Crippen MR) is 48.9 cm³/mol. The SMILES string of the molecule is Cc1cc(F)ccc1-n1cnc(=O)[nH]1. The largest absolute Gasteiger partial charge is 0.361 e. The Labute approximate surface area is 79.0 Å². The van der Waals surface area contributed by atoms with Crippen LogP contribution in [0.2, 0.25) is 0 Å². The van der Waals surface area contributed by atoms with E-state index in [1.807, 2.05) is 0 Å². The zero-order valence-corrected chi connectivity index (χ0v) is 7.49. The van der Waals surface area contributed by atoms with E-state index < -0.39 is 5.69 Å². The molecule has 0 unspecified atom stereocenters. The number of hydrogen-bond acceptors (Lipinski definition) is 2. The third-order valence-electron chi connectivity index (χ3n) is 1.92. The molecule has 0 atom stereocenters. The van der Waals surface area contributed by atoms with Gasteiger partial charge in [0.2, 0.25) is 0 Å². The molecule has 2 rings (SSSR count). The van der Waals surface area contributed by atoms with Gasteiger partial charge in [-0.15, -0.1) is 0 Å². The van der Waals surface area contributed by atoms with Crippen LogP contribution in [0, 0.1) is 12.7 Å². The van der Waals surface area contributed by atoms with Crippen LogP contribution in [0.1, 0.15) is 5.56 Å². The second-order valence-electron chi connectivity index (χ2n) is 2.96. The molecule has 5 heteroatoms. The van der Waals surface area contributed by atoms with Crippen LogP contribution in [0.25, 0.3) is 5.69 Å². The smallest absolute Gasteiger partial charge is 0.244 e. The number of aromatic nitrogens is 3. The molecule has 1 aromatic carbocycles. The van der Waals surface area contributed by atoms with E-state index in [4.69, 9.17) is 0 Å². The van der Waals surface area contributed by atoms with Crippen molar-refractivity contribution in [3.05, 3.63) is 46.4 Å². The molecule has 72 valence electrons. The molecule has 0 aliphatic carbocycles. The molecule has 1 heterocycles. The Balaban J connectivity index is 2.57. The summed E-state index contributed by atoms with van der Waals surface area (Å²) < 4.78 is 14.2. The number of aryl methyl sites for hydroxylation is 1. The van der Waals surface area contributed by atoms with Crippen LogP contribution < -0.4 is 5.69 Å². The monoisotopic (exact) mass is 193 g/mol. The third kappa shape index (κ3) is 1.44. The number of nitrogens with zero attached hydrogens (tertiary/aromatic N) is 2. The second-order valence-corrected chi connectivity index (χ2v) is 2.96. The van der Waals surface area contributed by atoms with Crippen molar-refractivity contribution >= 4 is 0 Å². The number of aromatic amines is 1. The van der Waals surface area contributed by atoms with Gasteiger partial charge in [-0.1, -0.05) is 0 Å². The van der Waals surface area contributed by atoms with E-state index in [0.29, 0.717) is 5.69 Å². The molecule has 0 saturated carbocycles. The van der Waals surface area contributed by atoms with E-state index in [9.17, 15) is 9.18 Å². The molecule has 1 N–H and O–H groups in total. The van der Waals surface area contributed by atoms with Gasteiger partial charge in [-0.3, -0.25) is 0 Å². The number of hydrogen-bond donors (Lipinski definition) is 1. The van der Waals surface area contributed by atoms with E-state index in [2.05, 4.69) is 10.1 Å².